The Morgan fingerprint density at radius 3 is 2.67 bits per heavy atom. The number of Topliss-reactive ketones (excluding diaryl/α,β-unsaturated/α-hetero) is 1. The van der Waals surface area contributed by atoms with Crippen molar-refractivity contribution in [3.8, 4) is 5.75 Å². The molecule has 0 aliphatic heterocycles. The second kappa shape index (κ2) is 9.20. The van der Waals surface area contributed by atoms with Crippen LogP contribution in [0.5, 0.6) is 5.75 Å². The number of hydrogen-bond acceptors (Lipinski definition) is 3. The van der Waals surface area contributed by atoms with Gasteiger partial charge in [-0.15, -0.1) is 0 Å². The predicted molar refractivity (Wildman–Crippen MR) is 109 cm³/mol. The van der Waals surface area contributed by atoms with Crippen molar-refractivity contribution in [1.82, 2.24) is 9.55 Å². The molecule has 0 N–H and O–H groups in total. The molecule has 4 heteroatoms. The Labute approximate surface area is 163 Å². The first-order valence-electron chi connectivity index (χ1n) is 10.5. The number of benzene rings is 1. The fraction of sp³-hybridized carbons (Fsp3) is 0.565. The number of ether oxygens (including phenoxy) is 1. The highest BCUT2D eigenvalue weighted by Crippen LogP contribution is 2.34. The molecule has 1 aromatic carbocycles. The van der Waals surface area contributed by atoms with Crippen molar-refractivity contribution < 1.29 is 9.53 Å². The number of imidazole rings is 1. The van der Waals surface area contributed by atoms with E-state index in [9.17, 15) is 4.79 Å². The van der Waals surface area contributed by atoms with Crippen LogP contribution in [0.15, 0.2) is 24.5 Å². The van der Waals surface area contributed by atoms with Crippen molar-refractivity contribution >= 4 is 5.78 Å². The second-order valence-corrected chi connectivity index (χ2v) is 7.44. The SMILES string of the molecule is CCCOc1ccc(C(=O)C(CC)Cn2ccnc2CC)c2c1CCCC2. The Morgan fingerprint density at radius 2 is 1.96 bits per heavy atom. The average Bonchev–Trinajstić information content (AvgIpc) is 3.16. The maximum absolute atomic E-state index is 13.4. The zero-order chi connectivity index (χ0) is 19.2. The fourth-order valence-corrected chi connectivity index (χ4v) is 4.09. The third kappa shape index (κ3) is 4.26. The monoisotopic (exact) mass is 368 g/mol. The summed E-state index contributed by atoms with van der Waals surface area (Å²) in [5.74, 6) is 2.29. The Morgan fingerprint density at radius 1 is 1.19 bits per heavy atom. The molecule has 4 nitrogen and oxygen atoms in total. The fourth-order valence-electron chi connectivity index (χ4n) is 4.09. The van der Waals surface area contributed by atoms with E-state index in [-0.39, 0.29) is 11.7 Å². The van der Waals surface area contributed by atoms with E-state index >= 15 is 0 Å². The topological polar surface area (TPSA) is 44.1 Å². The van der Waals surface area contributed by atoms with Crippen molar-refractivity contribution in [1.29, 1.82) is 0 Å². The molecule has 0 radical (unpaired) electrons. The van der Waals surface area contributed by atoms with E-state index in [0.29, 0.717) is 6.54 Å². The lowest BCUT2D eigenvalue weighted by Gasteiger charge is -2.24. The molecule has 0 spiro atoms. The first-order chi connectivity index (χ1) is 13.2. The van der Waals surface area contributed by atoms with Crippen molar-refractivity contribution in [3.05, 3.63) is 47.0 Å². The van der Waals surface area contributed by atoms with Crippen LogP contribution in [0, 0.1) is 5.92 Å². The minimum absolute atomic E-state index is 0.0158. The summed E-state index contributed by atoms with van der Waals surface area (Å²) in [6.07, 6.45) is 10.9. The van der Waals surface area contributed by atoms with E-state index in [0.717, 1.165) is 62.3 Å². The largest absolute Gasteiger partial charge is 0.493 e. The molecule has 27 heavy (non-hydrogen) atoms. The zero-order valence-electron chi connectivity index (χ0n) is 17.0. The molecule has 1 aliphatic carbocycles. The number of aromatic nitrogens is 2. The van der Waals surface area contributed by atoms with Gasteiger partial charge in [-0.2, -0.15) is 0 Å². The van der Waals surface area contributed by atoms with Crippen LogP contribution in [0.25, 0.3) is 0 Å². The highest BCUT2D eigenvalue weighted by molar-refractivity contribution is 5.99. The Hall–Kier alpha value is -2.10. The van der Waals surface area contributed by atoms with Gasteiger partial charge < -0.3 is 9.30 Å². The minimum atomic E-state index is -0.0158. The van der Waals surface area contributed by atoms with Crippen LogP contribution in [0.2, 0.25) is 0 Å². The second-order valence-electron chi connectivity index (χ2n) is 7.44. The van der Waals surface area contributed by atoms with Gasteiger partial charge in [-0.1, -0.05) is 20.8 Å². The number of nitrogens with zero attached hydrogens (tertiary/aromatic N) is 2. The van der Waals surface area contributed by atoms with E-state index < -0.39 is 0 Å². The normalized spacial score (nSPS) is 14.6. The van der Waals surface area contributed by atoms with Gasteiger partial charge in [0.1, 0.15) is 11.6 Å². The summed E-state index contributed by atoms with van der Waals surface area (Å²) in [6.45, 7) is 7.78. The quantitative estimate of drug-likeness (QED) is 0.584. The minimum Gasteiger partial charge on any atom is -0.493 e. The van der Waals surface area contributed by atoms with Crippen LogP contribution in [-0.4, -0.2) is 21.9 Å². The number of carbonyl (C=O) groups excluding carboxylic acids is 1. The van der Waals surface area contributed by atoms with Crippen molar-refractivity contribution in [2.75, 3.05) is 6.61 Å². The van der Waals surface area contributed by atoms with Gasteiger partial charge in [0, 0.05) is 36.8 Å². The molecule has 1 atom stereocenters. The van der Waals surface area contributed by atoms with Crippen molar-refractivity contribution in [2.45, 2.75) is 72.3 Å². The summed E-state index contributed by atoms with van der Waals surface area (Å²) in [7, 11) is 0. The number of ketones is 1. The van der Waals surface area contributed by atoms with Crippen LogP contribution >= 0.6 is 0 Å². The Kier molecular flexibility index (Phi) is 6.70. The van der Waals surface area contributed by atoms with Crippen molar-refractivity contribution in [2.24, 2.45) is 5.92 Å². The zero-order valence-corrected chi connectivity index (χ0v) is 17.0. The lowest BCUT2D eigenvalue weighted by atomic mass is 9.83. The molecular weight excluding hydrogens is 336 g/mol. The first kappa shape index (κ1) is 19.7. The summed E-state index contributed by atoms with van der Waals surface area (Å²) in [4.78, 5) is 17.8. The number of aryl methyl sites for hydroxylation is 1. The Bertz CT molecular complexity index is 779. The number of fused-ring (bicyclic) bond motifs is 1. The summed E-state index contributed by atoms with van der Waals surface area (Å²) < 4.78 is 8.10. The van der Waals surface area contributed by atoms with E-state index in [4.69, 9.17) is 4.74 Å². The molecule has 0 bridgehead atoms. The van der Waals surface area contributed by atoms with Gasteiger partial charge in [-0.05, 0) is 61.8 Å². The molecule has 0 saturated heterocycles. The van der Waals surface area contributed by atoms with Gasteiger partial charge >= 0.3 is 0 Å². The van der Waals surface area contributed by atoms with Crippen LogP contribution in [-0.2, 0) is 25.8 Å². The lowest BCUT2D eigenvalue weighted by molar-refractivity contribution is 0.0901. The predicted octanol–water partition coefficient (Wildman–Crippen LogP) is 5.02. The summed E-state index contributed by atoms with van der Waals surface area (Å²) in [5, 5.41) is 0. The average molecular weight is 369 g/mol. The first-order valence-corrected chi connectivity index (χ1v) is 10.5. The molecule has 1 unspecified atom stereocenters. The number of rotatable bonds is 9. The molecule has 146 valence electrons. The maximum Gasteiger partial charge on any atom is 0.168 e. The van der Waals surface area contributed by atoms with Crippen LogP contribution in [0.4, 0.5) is 0 Å². The van der Waals surface area contributed by atoms with Gasteiger partial charge in [-0.3, -0.25) is 4.79 Å². The van der Waals surface area contributed by atoms with Crippen LogP contribution in [0.3, 0.4) is 0 Å². The summed E-state index contributed by atoms with van der Waals surface area (Å²) >= 11 is 0. The molecule has 1 aromatic heterocycles. The molecular formula is C23H32N2O2. The molecule has 2 aromatic rings. The van der Waals surface area contributed by atoms with E-state index in [2.05, 4.69) is 30.3 Å². The van der Waals surface area contributed by atoms with E-state index in [1.807, 2.05) is 24.5 Å². The molecule has 0 amide bonds. The van der Waals surface area contributed by atoms with E-state index in [1.54, 1.807) is 0 Å². The van der Waals surface area contributed by atoms with Gasteiger partial charge in [0.2, 0.25) is 0 Å². The van der Waals surface area contributed by atoms with Gasteiger partial charge in [0.25, 0.3) is 0 Å². The smallest absolute Gasteiger partial charge is 0.168 e. The molecule has 0 fully saturated rings. The van der Waals surface area contributed by atoms with Gasteiger partial charge in [0.05, 0.1) is 6.61 Å². The van der Waals surface area contributed by atoms with E-state index in [1.165, 1.54) is 17.5 Å². The summed E-state index contributed by atoms with van der Waals surface area (Å²) in [5.41, 5.74) is 3.42. The Balaban J connectivity index is 1.88. The highest BCUT2D eigenvalue weighted by atomic mass is 16.5. The van der Waals surface area contributed by atoms with Crippen LogP contribution < -0.4 is 4.74 Å². The lowest BCUT2D eigenvalue weighted by Crippen LogP contribution is -2.23. The van der Waals surface area contributed by atoms with Crippen LogP contribution in [0.1, 0.15) is 73.8 Å². The van der Waals surface area contributed by atoms with Crippen molar-refractivity contribution in [3.63, 3.8) is 0 Å². The molecule has 1 heterocycles. The molecule has 1 aliphatic rings. The summed E-state index contributed by atoms with van der Waals surface area (Å²) in [6, 6.07) is 4.03. The number of carbonyl (C=O) groups is 1. The standard InChI is InChI=1S/C23H32N2O2/c1-4-15-27-21-12-11-20(18-9-7-8-10-19(18)21)23(26)17(5-2)16-25-14-13-24-22(25)6-3/h11-14,17H,4-10,15-16H2,1-3H3. The van der Waals surface area contributed by atoms with Gasteiger partial charge in [0.15, 0.2) is 5.78 Å². The van der Waals surface area contributed by atoms with Gasteiger partial charge in [-0.25, -0.2) is 4.98 Å². The highest BCUT2D eigenvalue weighted by Gasteiger charge is 2.26. The third-order valence-corrected chi connectivity index (χ3v) is 5.62. The molecule has 0 saturated carbocycles. The number of hydrogen-bond donors (Lipinski definition) is 0. The maximum atomic E-state index is 13.4. The molecule has 3 rings (SSSR count). The third-order valence-electron chi connectivity index (χ3n) is 5.62.